The number of rotatable bonds is 10. The van der Waals surface area contributed by atoms with Crippen LogP contribution < -0.4 is 10.0 Å². The van der Waals surface area contributed by atoms with Gasteiger partial charge in [-0.2, -0.15) is 0 Å². The molecule has 0 radical (unpaired) electrons. The SMILES string of the molecule is COCCCCNS(=O)(=O)c1cc(CNC(C)C)sc1Br. The summed E-state index contributed by atoms with van der Waals surface area (Å²) in [6, 6.07) is 2.09. The Morgan fingerprint density at radius 1 is 1.38 bits per heavy atom. The first-order valence-corrected chi connectivity index (χ1v) is 9.96. The second-order valence-corrected chi connectivity index (χ2v) is 9.17. The van der Waals surface area contributed by atoms with E-state index in [0.717, 1.165) is 17.7 Å². The van der Waals surface area contributed by atoms with Gasteiger partial charge in [-0.25, -0.2) is 13.1 Å². The molecule has 5 nitrogen and oxygen atoms in total. The van der Waals surface area contributed by atoms with Crippen LogP contribution in [-0.4, -0.2) is 34.7 Å². The third kappa shape index (κ3) is 6.75. The predicted octanol–water partition coefficient (Wildman–Crippen LogP) is 2.71. The van der Waals surface area contributed by atoms with Gasteiger partial charge in [-0.05, 0) is 34.8 Å². The molecule has 0 saturated carbocycles. The van der Waals surface area contributed by atoms with Crippen molar-refractivity contribution in [3.05, 3.63) is 14.7 Å². The van der Waals surface area contributed by atoms with Gasteiger partial charge in [-0.1, -0.05) is 13.8 Å². The fourth-order valence-corrected chi connectivity index (χ4v) is 5.33. The monoisotopic (exact) mass is 398 g/mol. The van der Waals surface area contributed by atoms with Gasteiger partial charge in [0.25, 0.3) is 0 Å². The molecule has 0 aliphatic heterocycles. The lowest BCUT2D eigenvalue weighted by molar-refractivity contribution is 0.193. The van der Waals surface area contributed by atoms with E-state index in [1.165, 1.54) is 11.3 Å². The van der Waals surface area contributed by atoms with Gasteiger partial charge in [0.05, 0.1) is 3.79 Å². The highest BCUT2D eigenvalue weighted by Gasteiger charge is 2.20. The zero-order chi connectivity index (χ0) is 15.9. The standard InChI is InChI=1S/C13H23BrN2O3S2/c1-10(2)15-9-11-8-12(13(14)20-11)21(17,18)16-6-4-5-7-19-3/h8,10,15-16H,4-7,9H2,1-3H3. The first-order valence-electron chi connectivity index (χ1n) is 6.87. The van der Waals surface area contributed by atoms with Crippen molar-refractivity contribution in [1.29, 1.82) is 0 Å². The minimum atomic E-state index is -3.45. The number of hydrogen-bond acceptors (Lipinski definition) is 5. The molecule has 0 atom stereocenters. The molecule has 0 aliphatic rings. The van der Waals surface area contributed by atoms with Gasteiger partial charge in [0.15, 0.2) is 0 Å². The average Bonchev–Trinajstić information content (AvgIpc) is 2.78. The average molecular weight is 399 g/mol. The van der Waals surface area contributed by atoms with E-state index >= 15 is 0 Å². The molecule has 0 bridgehead atoms. The first kappa shape index (κ1) is 19.1. The number of methoxy groups -OCH3 is 1. The molecule has 0 unspecified atom stereocenters. The Kier molecular flexibility index (Phi) is 8.36. The molecule has 21 heavy (non-hydrogen) atoms. The van der Waals surface area contributed by atoms with Gasteiger partial charge in [0.2, 0.25) is 10.0 Å². The largest absolute Gasteiger partial charge is 0.385 e. The number of unbranched alkanes of at least 4 members (excludes halogenated alkanes) is 1. The van der Waals surface area contributed by atoms with Gasteiger partial charge < -0.3 is 10.1 Å². The van der Waals surface area contributed by atoms with Crippen molar-refractivity contribution in [2.24, 2.45) is 0 Å². The summed E-state index contributed by atoms with van der Waals surface area (Å²) in [5.41, 5.74) is 0. The first-order chi connectivity index (χ1) is 9.86. The zero-order valence-electron chi connectivity index (χ0n) is 12.6. The van der Waals surface area contributed by atoms with E-state index in [2.05, 4.69) is 39.8 Å². The molecule has 1 heterocycles. The van der Waals surface area contributed by atoms with Gasteiger partial charge in [0, 0.05) is 37.7 Å². The maximum absolute atomic E-state index is 12.3. The Hall–Kier alpha value is 0.01000. The van der Waals surface area contributed by atoms with Crippen molar-refractivity contribution in [3.63, 3.8) is 0 Å². The zero-order valence-corrected chi connectivity index (χ0v) is 15.8. The summed E-state index contributed by atoms with van der Waals surface area (Å²) in [5, 5.41) is 3.28. The van der Waals surface area contributed by atoms with Crippen molar-refractivity contribution >= 4 is 37.3 Å². The maximum atomic E-state index is 12.3. The lowest BCUT2D eigenvalue weighted by atomic mass is 10.3. The fourth-order valence-electron chi connectivity index (χ4n) is 1.63. The number of hydrogen-bond donors (Lipinski definition) is 2. The van der Waals surface area contributed by atoms with Crippen LogP contribution in [0.15, 0.2) is 14.7 Å². The molecule has 2 N–H and O–H groups in total. The van der Waals surface area contributed by atoms with Crippen LogP contribution in [0.1, 0.15) is 31.6 Å². The molecule has 1 rings (SSSR count). The fraction of sp³-hybridized carbons (Fsp3) is 0.692. The molecule has 122 valence electrons. The molecule has 8 heteroatoms. The van der Waals surface area contributed by atoms with Crippen molar-refractivity contribution < 1.29 is 13.2 Å². The third-order valence-corrected chi connectivity index (χ3v) is 6.46. The van der Waals surface area contributed by atoms with Gasteiger partial charge in [-0.3, -0.25) is 0 Å². The summed E-state index contributed by atoms with van der Waals surface area (Å²) in [4.78, 5) is 1.31. The second kappa shape index (κ2) is 9.22. The van der Waals surface area contributed by atoms with Crippen molar-refractivity contribution in [3.8, 4) is 0 Å². The minimum Gasteiger partial charge on any atom is -0.385 e. The van der Waals surface area contributed by atoms with E-state index in [1.807, 2.05) is 0 Å². The Labute approximate surface area is 139 Å². The number of ether oxygens (including phenoxy) is 1. The highest BCUT2D eigenvalue weighted by Crippen LogP contribution is 2.31. The lowest BCUT2D eigenvalue weighted by Crippen LogP contribution is -2.25. The molecule has 0 aromatic carbocycles. The number of thiophene rings is 1. The third-order valence-electron chi connectivity index (χ3n) is 2.75. The molecule has 0 saturated heterocycles. The molecule has 0 amide bonds. The summed E-state index contributed by atoms with van der Waals surface area (Å²) >= 11 is 4.79. The van der Waals surface area contributed by atoms with Crippen LogP contribution in [0.2, 0.25) is 0 Å². The summed E-state index contributed by atoms with van der Waals surface area (Å²) in [7, 11) is -1.81. The smallest absolute Gasteiger partial charge is 0.242 e. The Bertz CT molecular complexity index is 530. The minimum absolute atomic E-state index is 0.319. The van der Waals surface area contributed by atoms with Crippen LogP contribution in [0.4, 0.5) is 0 Å². The van der Waals surface area contributed by atoms with Gasteiger partial charge in [0.1, 0.15) is 4.90 Å². The van der Waals surface area contributed by atoms with Gasteiger partial charge in [-0.15, -0.1) is 11.3 Å². The molecule has 1 aromatic rings. The van der Waals surface area contributed by atoms with E-state index in [4.69, 9.17) is 4.74 Å². The van der Waals surface area contributed by atoms with Crippen LogP contribution >= 0.6 is 27.3 Å². The lowest BCUT2D eigenvalue weighted by Gasteiger charge is -2.06. The maximum Gasteiger partial charge on any atom is 0.242 e. The number of nitrogens with one attached hydrogen (secondary N) is 2. The molecule has 1 aromatic heterocycles. The highest BCUT2D eigenvalue weighted by atomic mass is 79.9. The summed E-state index contributed by atoms with van der Waals surface area (Å²) in [5.74, 6) is 0. The molecular formula is C13H23BrN2O3S2. The summed E-state index contributed by atoms with van der Waals surface area (Å²) in [6.45, 7) is 5.86. The second-order valence-electron chi connectivity index (χ2n) is 4.98. The van der Waals surface area contributed by atoms with Crippen molar-refractivity contribution in [2.75, 3.05) is 20.3 Å². The van der Waals surface area contributed by atoms with Crippen LogP contribution in [0.25, 0.3) is 0 Å². The van der Waals surface area contributed by atoms with Crippen LogP contribution in [0.5, 0.6) is 0 Å². The van der Waals surface area contributed by atoms with E-state index in [-0.39, 0.29) is 0 Å². The van der Waals surface area contributed by atoms with E-state index in [1.54, 1.807) is 13.2 Å². The van der Waals surface area contributed by atoms with Crippen molar-refractivity contribution in [2.45, 2.75) is 44.2 Å². The Morgan fingerprint density at radius 3 is 2.71 bits per heavy atom. The van der Waals surface area contributed by atoms with Crippen LogP contribution in [0.3, 0.4) is 0 Å². The molecule has 0 spiro atoms. The Balaban J connectivity index is 2.61. The number of sulfonamides is 1. The molecular weight excluding hydrogens is 376 g/mol. The van der Waals surface area contributed by atoms with Crippen LogP contribution in [-0.2, 0) is 21.3 Å². The number of halogens is 1. The quantitative estimate of drug-likeness (QED) is 0.594. The van der Waals surface area contributed by atoms with E-state index in [9.17, 15) is 8.42 Å². The van der Waals surface area contributed by atoms with Crippen LogP contribution in [0, 0.1) is 0 Å². The molecule has 0 fully saturated rings. The van der Waals surface area contributed by atoms with E-state index in [0.29, 0.717) is 34.4 Å². The molecule has 0 aliphatic carbocycles. The van der Waals surface area contributed by atoms with Gasteiger partial charge >= 0.3 is 0 Å². The highest BCUT2D eigenvalue weighted by molar-refractivity contribution is 9.11. The summed E-state index contributed by atoms with van der Waals surface area (Å²) in [6.07, 6.45) is 1.60. The van der Waals surface area contributed by atoms with Crippen molar-refractivity contribution in [1.82, 2.24) is 10.0 Å². The topological polar surface area (TPSA) is 67.4 Å². The van der Waals surface area contributed by atoms with E-state index < -0.39 is 10.0 Å². The summed E-state index contributed by atoms with van der Waals surface area (Å²) < 4.78 is 32.7. The normalized spacial score (nSPS) is 12.2. The predicted molar refractivity (Wildman–Crippen MR) is 90.3 cm³/mol. The Morgan fingerprint density at radius 2 is 2.10 bits per heavy atom.